The van der Waals surface area contributed by atoms with E-state index in [1.807, 2.05) is 18.2 Å². The van der Waals surface area contributed by atoms with E-state index in [9.17, 15) is 14.0 Å². The Morgan fingerprint density at radius 3 is 2.43 bits per heavy atom. The smallest absolute Gasteiger partial charge is 0.276 e. The van der Waals surface area contributed by atoms with Crippen LogP contribution in [0.1, 0.15) is 54.6 Å². The van der Waals surface area contributed by atoms with Crippen molar-refractivity contribution in [2.45, 2.75) is 69.1 Å². The van der Waals surface area contributed by atoms with Gasteiger partial charge in [0.1, 0.15) is 5.82 Å². The predicted octanol–water partition coefficient (Wildman–Crippen LogP) is 2.89. The molecule has 0 aromatic carbocycles. The molecule has 12 nitrogen and oxygen atoms in total. The highest BCUT2D eigenvalue weighted by atomic mass is 19.1. The molecule has 0 saturated heterocycles. The lowest BCUT2D eigenvalue weighted by Crippen LogP contribution is -2.48. The number of carbonyl (C=O) groups is 2. The van der Waals surface area contributed by atoms with Crippen molar-refractivity contribution in [3.63, 3.8) is 0 Å². The van der Waals surface area contributed by atoms with Crippen molar-refractivity contribution in [2.75, 3.05) is 16.0 Å². The molecule has 2 aliphatic carbocycles. The maximum atomic E-state index is 14.1. The summed E-state index contributed by atoms with van der Waals surface area (Å²) in [7, 11) is 0. The van der Waals surface area contributed by atoms with Crippen LogP contribution in [0.5, 0.6) is 0 Å². The molecule has 2 amide bonds. The van der Waals surface area contributed by atoms with Crippen LogP contribution in [0.2, 0.25) is 0 Å². The van der Waals surface area contributed by atoms with Gasteiger partial charge in [-0.05, 0) is 62.6 Å². The first-order chi connectivity index (χ1) is 20.4. The lowest BCUT2D eigenvalue weighted by Gasteiger charge is -2.30. The highest BCUT2D eigenvalue weighted by Crippen LogP contribution is 2.30. The van der Waals surface area contributed by atoms with Gasteiger partial charge in [-0.3, -0.25) is 19.6 Å². The Bertz CT molecular complexity index is 1570. The van der Waals surface area contributed by atoms with Crippen molar-refractivity contribution in [2.24, 2.45) is 5.73 Å². The maximum Gasteiger partial charge on any atom is 0.276 e. The summed E-state index contributed by atoms with van der Waals surface area (Å²) in [6.45, 7) is 0. The first kappa shape index (κ1) is 27.5. The number of aromatic nitrogens is 5. The Kier molecular flexibility index (Phi) is 7.91. The van der Waals surface area contributed by atoms with Gasteiger partial charge in [0.05, 0.1) is 29.8 Å². The molecule has 2 saturated carbocycles. The van der Waals surface area contributed by atoms with Crippen LogP contribution in [0.15, 0.2) is 55.2 Å². The lowest BCUT2D eigenvalue weighted by atomic mass is 9.91. The fraction of sp³-hybridized carbons (Fsp3) is 0.379. The molecule has 42 heavy (non-hydrogen) atoms. The number of halogens is 1. The molecule has 0 spiro atoms. The number of pyridine rings is 2. The molecule has 0 bridgehead atoms. The summed E-state index contributed by atoms with van der Waals surface area (Å²) in [4.78, 5) is 38.0. The van der Waals surface area contributed by atoms with Crippen LogP contribution in [0.25, 0.3) is 5.65 Å². The highest BCUT2D eigenvalue weighted by Gasteiger charge is 2.27. The van der Waals surface area contributed by atoms with Gasteiger partial charge in [0.2, 0.25) is 5.91 Å². The van der Waals surface area contributed by atoms with E-state index in [0.29, 0.717) is 23.9 Å². The van der Waals surface area contributed by atoms with E-state index in [2.05, 4.69) is 41.3 Å². The Hall–Kier alpha value is -4.65. The van der Waals surface area contributed by atoms with Gasteiger partial charge in [-0.15, -0.1) is 5.10 Å². The number of nitrogens with zero attached hydrogens (tertiary/aromatic N) is 5. The van der Waals surface area contributed by atoms with Crippen molar-refractivity contribution >= 4 is 34.7 Å². The number of fused-ring (bicyclic) bond motifs is 1. The summed E-state index contributed by atoms with van der Waals surface area (Å²) >= 11 is 0. The molecule has 0 aliphatic heterocycles. The molecule has 4 heterocycles. The van der Waals surface area contributed by atoms with Gasteiger partial charge in [-0.1, -0.05) is 6.07 Å². The Morgan fingerprint density at radius 2 is 1.69 bits per heavy atom. The van der Waals surface area contributed by atoms with Crippen molar-refractivity contribution < 1.29 is 14.0 Å². The Morgan fingerprint density at radius 1 is 0.952 bits per heavy atom. The van der Waals surface area contributed by atoms with Crippen molar-refractivity contribution in [1.29, 1.82) is 0 Å². The molecule has 4 aromatic rings. The average Bonchev–Trinajstić information content (AvgIpc) is 3.70. The van der Waals surface area contributed by atoms with E-state index in [1.165, 1.54) is 23.0 Å². The zero-order valence-corrected chi connectivity index (χ0v) is 23.0. The largest absolute Gasteiger partial charge is 0.379 e. The molecule has 13 heteroatoms. The zero-order valence-electron chi connectivity index (χ0n) is 23.0. The molecule has 218 valence electrons. The summed E-state index contributed by atoms with van der Waals surface area (Å²) in [5, 5.41) is 17.3. The molecular formula is C29H33FN10O2. The molecule has 6 rings (SSSR count). The van der Waals surface area contributed by atoms with Gasteiger partial charge in [-0.2, -0.15) is 0 Å². The van der Waals surface area contributed by atoms with Crippen molar-refractivity contribution in [1.82, 2.24) is 29.9 Å². The fourth-order valence-corrected chi connectivity index (χ4v) is 5.18. The van der Waals surface area contributed by atoms with Crippen LogP contribution in [0, 0.1) is 5.82 Å². The topological polar surface area (TPSA) is 164 Å². The minimum atomic E-state index is -0.631. The molecule has 0 unspecified atom stereocenters. The van der Waals surface area contributed by atoms with Crippen molar-refractivity contribution in [3.05, 3.63) is 72.3 Å². The normalized spacial score (nSPS) is 19.2. The number of amides is 2. The number of nitrogens with one attached hydrogen (secondary N) is 4. The first-order valence-corrected chi connectivity index (χ1v) is 14.2. The van der Waals surface area contributed by atoms with E-state index in [-0.39, 0.29) is 29.4 Å². The number of nitrogens with two attached hydrogens (primary N) is 1. The predicted molar refractivity (Wildman–Crippen MR) is 156 cm³/mol. The SMILES string of the molecule is N[C@H](Cc1cccnc1)C(=O)NC1CCC(Nc2cc(NC3CC3)c3ncc(C(=O)Nc4ccncc4F)n3n2)CC1. The number of anilines is 3. The Balaban J connectivity index is 1.11. The van der Waals surface area contributed by atoms with Gasteiger partial charge in [-0.25, -0.2) is 13.9 Å². The Labute approximate surface area is 241 Å². The molecule has 1 atom stereocenters. The van der Waals surface area contributed by atoms with Crippen molar-refractivity contribution in [3.8, 4) is 0 Å². The van der Waals surface area contributed by atoms with Crippen LogP contribution < -0.4 is 27.0 Å². The second kappa shape index (κ2) is 12.1. The highest BCUT2D eigenvalue weighted by molar-refractivity contribution is 6.03. The lowest BCUT2D eigenvalue weighted by molar-refractivity contribution is -0.123. The van der Waals surface area contributed by atoms with Gasteiger partial charge in [0.25, 0.3) is 5.91 Å². The van der Waals surface area contributed by atoms with Gasteiger partial charge in [0.15, 0.2) is 17.2 Å². The van der Waals surface area contributed by atoms with Crippen LogP contribution in [0.4, 0.5) is 21.6 Å². The molecular weight excluding hydrogens is 539 g/mol. The minimum Gasteiger partial charge on any atom is -0.379 e. The number of imidazole rings is 1. The minimum absolute atomic E-state index is 0.0254. The summed E-state index contributed by atoms with van der Waals surface area (Å²) in [5.74, 6) is -0.726. The first-order valence-electron chi connectivity index (χ1n) is 14.2. The third-order valence-electron chi connectivity index (χ3n) is 7.60. The van der Waals surface area contributed by atoms with E-state index in [4.69, 9.17) is 5.73 Å². The molecule has 0 radical (unpaired) electrons. The summed E-state index contributed by atoms with van der Waals surface area (Å²) in [6, 6.07) is 6.96. The average molecular weight is 573 g/mol. The number of hydrogen-bond acceptors (Lipinski definition) is 9. The third-order valence-corrected chi connectivity index (χ3v) is 7.60. The summed E-state index contributed by atoms with van der Waals surface area (Å²) in [6.07, 6.45) is 13.1. The molecule has 2 aliphatic rings. The van der Waals surface area contributed by atoms with Gasteiger partial charge < -0.3 is 27.0 Å². The quantitative estimate of drug-likeness (QED) is 0.192. The summed E-state index contributed by atoms with van der Waals surface area (Å²) in [5.41, 5.74) is 8.56. The standard InChI is InChI=1S/C29H33FN10O2/c30-21-15-33-11-9-23(21)38-29(42)25-16-34-27-24(35-18-3-4-18)13-26(39-40(25)27)36-19-5-7-20(8-6-19)37-28(41)22(31)12-17-2-1-10-32-14-17/h1-2,9-11,13-16,18-20,22,35H,3-8,12,31H2,(H,36,39)(H,37,41)(H,33,38,42)/t19?,20?,22-/m1/s1. The fourth-order valence-electron chi connectivity index (χ4n) is 5.18. The maximum absolute atomic E-state index is 14.1. The zero-order chi connectivity index (χ0) is 29.1. The monoisotopic (exact) mass is 572 g/mol. The van der Waals surface area contributed by atoms with Crippen LogP contribution in [0.3, 0.4) is 0 Å². The van der Waals surface area contributed by atoms with Crippen LogP contribution in [-0.4, -0.2) is 60.5 Å². The van der Waals surface area contributed by atoms with E-state index >= 15 is 0 Å². The number of hydrogen-bond donors (Lipinski definition) is 5. The van der Waals surface area contributed by atoms with Crippen LogP contribution in [-0.2, 0) is 11.2 Å². The second-order valence-electron chi connectivity index (χ2n) is 10.9. The van der Waals surface area contributed by atoms with Gasteiger partial charge in [0, 0.05) is 42.8 Å². The summed E-state index contributed by atoms with van der Waals surface area (Å²) < 4.78 is 15.6. The molecule has 2 fully saturated rings. The van der Waals surface area contributed by atoms with E-state index < -0.39 is 17.8 Å². The van der Waals surface area contributed by atoms with Crippen LogP contribution >= 0.6 is 0 Å². The van der Waals surface area contributed by atoms with Gasteiger partial charge >= 0.3 is 0 Å². The van der Waals surface area contributed by atoms with E-state index in [0.717, 1.165) is 56.0 Å². The molecule has 4 aromatic heterocycles. The van der Waals surface area contributed by atoms with E-state index in [1.54, 1.807) is 12.4 Å². The number of carbonyl (C=O) groups excluding carboxylic acids is 2. The second-order valence-corrected chi connectivity index (χ2v) is 10.9. The third kappa shape index (κ3) is 6.46. The number of rotatable bonds is 10. The molecule has 6 N–H and O–H groups in total.